The number of aryl methyl sites for hydroxylation is 1. The monoisotopic (exact) mass is 625 g/mol. The molecule has 0 saturated heterocycles. The van der Waals surface area contributed by atoms with Crippen LogP contribution in [0.3, 0.4) is 0 Å². The molecule has 2 aromatic carbocycles. The molecule has 0 spiro atoms. The first-order valence-corrected chi connectivity index (χ1v) is 15.3. The number of urea groups is 1. The normalized spacial score (nSPS) is 15.1. The third kappa shape index (κ3) is 6.20. The first-order chi connectivity index (χ1) is 22.3. The number of carbonyl (C=O) groups excluding carboxylic acids is 4. The molecule has 2 aromatic heterocycles. The molecule has 5 rings (SSSR count). The van der Waals surface area contributed by atoms with E-state index in [1.165, 1.54) is 17.2 Å². The van der Waals surface area contributed by atoms with Gasteiger partial charge in [-0.3, -0.25) is 19.8 Å². The summed E-state index contributed by atoms with van der Waals surface area (Å²) in [4.78, 5) is 56.5. The van der Waals surface area contributed by atoms with Gasteiger partial charge in [0.25, 0.3) is 11.8 Å². The molecule has 0 aliphatic carbocycles. The third-order valence-electron chi connectivity index (χ3n) is 7.67. The van der Waals surface area contributed by atoms with Crippen molar-refractivity contribution in [3.05, 3.63) is 102 Å². The fourth-order valence-electron chi connectivity index (χ4n) is 5.27. The average Bonchev–Trinajstić information content (AvgIpc) is 3.79. The summed E-state index contributed by atoms with van der Waals surface area (Å²) >= 11 is 0. The number of hydrogen-bond donors (Lipinski definition) is 2. The number of nitrogens with one attached hydrogen (secondary N) is 2. The second-order valence-corrected chi connectivity index (χ2v) is 10.7. The molecule has 1 atom stereocenters. The maximum atomic E-state index is 14.4. The van der Waals surface area contributed by atoms with Crippen LogP contribution in [0.25, 0.3) is 0 Å². The Morgan fingerprint density at radius 2 is 1.65 bits per heavy atom. The van der Waals surface area contributed by atoms with Crippen LogP contribution < -0.4 is 20.1 Å². The highest BCUT2D eigenvalue weighted by atomic mass is 16.6. The predicted molar refractivity (Wildman–Crippen MR) is 175 cm³/mol. The largest absolute Gasteiger partial charge is 0.558 e. The van der Waals surface area contributed by atoms with E-state index in [9.17, 15) is 19.2 Å². The van der Waals surface area contributed by atoms with Crippen molar-refractivity contribution in [2.75, 3.05) is 23.4 Å². The standard InChI is InChI=1S/C34H36N6O6/c1-4-6-7-13-22-46-34(44)40(33(43)39(5-2)24-15-9-8-10-16-24)28-20-23-45-29(28)30(37-40)36-31(41)25-17-11-12-18-26(25)35-32(42)27-19-14-21-38(27)3/h8-12,14-21,23H,4-7,13,22H2,1-3H3,(H-,35,36,37,41,42)/p+1. The SMILES string of the molecule is CCCCCCOC(=O)[N+]1(C(=O)N(CC)c2ccccc2)N=C(NC(=O)c2ccccc2NC(=O)c2cccn2C)c2occc21. The number of anilines is 2. The van der Waals surface area contributed by atoms with Crippen LogP contribution in [0.5, 0.6) is 0 Å². The molecule has 12 heteroatoms. The Labute approximate surface area is 266 Å². The van der Waals surface area contributed by atoms with E-state index < -0.39 is 28.5 Å². The first kappa shape index (κ1) is 31.9. The Morgan fingerprint density at radius 3 is 2.37 bits per heavy atom. The number of para-hydroxylation sites is 2. The number of unbranched alkanes of at least 4 members (excludes halogenated alkanes) is 3. The zero-order chi connectivity index (χ0) is 32.7. The second kappa shape index (κ2) is 14.1. The van der Waals surface area contributed by atoms with Crippen LogP contribution in [-0.2, 0) is 11.8 Å². The van der Waals surface area contributed by atoms with Crippen molar-refractivity contribution in [1.29, 1.82) is 0 Å². The lowest BCUT2D eigenvalue weighted by Gasteiger charge is -2.27. The number of hydrogen-bond acceptors (Lipinski definition) is 7. The lowest BCUT2D eigenvalue weighted by molar-refractivity contribution is 0.0974. The van der Waals surface area contributed by atoms with Gasteiger partial charge in [0, 0.05) is 36.1 Å². The van der Waals surface area contributed by atoms with E-state index in [2.05, 4.69) is 22.7 Å². The molecule has 1 aliphatic heterocycles. The van der Waals surface area contributed by atoms with Crippen LogP contribution in [0.15, 0.2) is 94.8 Å². The molecule has 4 aromatic rings. The number of imide groups is 1. The fourth-order valence-corrected chi connectivity index (χ4v) is 5.27. The maximum Gasteiger partial charge on any atom is 0.558 e. The summed E-state index contributed by atoms with van der Waals surface area (Å²) < 4.78 is 11.8. The van der Waals surface area contributed by atoms with Crippen LogP contribution in [-0.4, -0.2) is 47.5 Å². The number of aromatic nitrogens is 1. The van der Waals surface area contributed by atoms with E-state index in [1.807, 2.05) is 6.07 Å². The minimum atomic E-state index is -1.22. The molecule has 3 heterocycles. The van der Waals surface area contributed by atoms with Gasteiger partial charge in [-0.2, -0.15) is 4.79 Å². The molecule has 0 radical (unpaired) electrons. The number of benzene rings is 2. The first-order valence-electron chi connectivity index (χ1n) is 15.3. The molecule has 46 heavy (non-hydrogen) atoms. The van der Waals surface area contributed by atoms with Crippen molar-refractivity contribution < 1.29 is 28.3 Å². The molecule has 12 nitrogen and oxygen atoms in total. The quantitative estimate of drug-likeness (QED) is 0.150. The third-order valence-corrected chi connectivity index (χ3v) is 7.67. The number of fused-ring (bicyclic) bond motifs is 1. The van der Waals surface area contributed by atoms with E-state index in [1.54, 1.807) is 85.4 Å². The smallest absolute Gasteiger partial charge is 0.454 e. The van der Waals surface area contributed by atoms with Gasteiger partial charge in [0.15, 0.2) is 0 Å². The van der Waals surface area contributed by atoms with E-state index >= 15 is 0 Å². The lowest BCUT2D eigenvalue weighted by Crippen LogP contribution is -2.59. The van der Waals surface area contributed by atoms with Crippen LogP contribution in [0.4, 0.5) is 26.7 Å². The minimum absolute atomic E-state index is 0.0408. The fraction of sp³-hybridized carbons (Fsp3) is 0.265. The van der Waals surface area contributed by atoms with Gasteiger partial charge in [-0.25, -0.2) is 4.79 Å². The number of quaternary nitrogens is 1. The zero-order valence-electron chi connectivity index (χ0n) is 26.1. The zero-order valence-corrected chi connectivity index (χ0v) is 26.1. The van der Waals surface area contributed by atoms with Crippen molar-refractivity contribution in [3.8, 4) is 0 Å². The summed E-state index contributed by atoms with van der Waals surface area (Å²) in [6.45, 7) is 4.20. The molecule has 0 fully saturated rings. The molecular formula is C34H37N6O6+. The van der Waals surface area contributed by atoms with E-state index in [0.717, 1.165) is 19.3 Å². The van der Waals surface area contributed by atoms with Gasteiger partial charge in [0.05, 0.1) is 24.1 Å². The lowest BCUT2D eigenvalue weighted by atomic mass is 10.1. The van der Waals surface area contributed by atoms with Crippen molar-refractivity contribution in [2.45, 2.75) is 39.5 Å². The van der Waals surface area contributed by atoms with Gasteiger partial charge in [0.1, 0.15) is 5.69 Å². The topological polar surface area (TPSA) is 135 Å². The molecule has 238 valence electrons. The maximum absolute atomic E-state index is 14.4. The number of furan rings is 1. The Morgan fingerprint density at radius 1 is 0.891 bits per heavy atom. The summed E-state index contributed by atoms with van der Waals surface area (Å²) in [5.41, 5.74) is 1.47. The van der Waals surface area contributed by atoms with Crippen LogP contribution >= 0.6 is 0 Å². The predicted octanol–water partition coefficient (Wildman–Crippen LogP) is 6.65. The summed E-state index contributed by atoms with van der Waals surface area (Å²) in [6.07, 6.45) is 5.64. The highest BCUT2D eigenvalue weighted by Gasteiger charge is 2.60. The Bertz CT molecular complexity index is 1760. The Balaban J connectivity index is 1.49. The summed E-state index contributed by atoms with van der Waals surface area (Å²) in [5.74, 6) is -1.13. The average molecular weight is 626 g/mol. The van der Waals surface area contributed by atoms with Crippen molar-refractivity contribution in [1.82, 2.24) is 14.5 Å². The van der Waals surface area contributed by atoms with E-state index in [4.69, 9.17) is 9.15 Å². The van der Waals surface area contributed by atoms with Gasteiger partial charge in [-0.15, -0.1) is 0 Å². The summed E-state index contributed by atoms with van der Waals surface area (Å²) in [6, 6.07) is 19.6. The highest BCUT2D eigenvalue weighted by Crippen LogP contribution is 2.39. The number of carbonyl (C=O) groups is 4. The van der Waals surface area contributed by atoms with Gasteiger partial charge in [-0.1, -0.05) is 56.5 Å². The molecule has 0 saturated carbocycles. The summed E-state index contributed by atoms with van der Waals surface area (Å²) in [5, 5.41) is 10.0. The molecular weight excluding hydrogens is 588 g/mol. The number of nitrogens with zero attached hydrogens (tertiary/aromatic N) is 4. The number of amidine groups is 1. The van der Waals surface area contributed by atoms with Gasteiger partial charge < -0.3 is 19.0 Å². The molecule has 0 bridgehead atoms. The van der Waals surface area contributed by atoms with Crippen LogP contribution in [0.2, 0.25) is 0 Å². The van der Waals surface area contributed by atoms with Crippen LogP contribution in [0, 0.1) is 0 Å². The molecule has 5 amide bonds. The minimum Gasteiger partial charge on any atom is -0.454 e. The highest BCUT2D eigenvalue weighted by molar-refractivity contribution is 6.23. The molecule has 1 unspecified atom stereocenters. The number of amides is 5. The molecule has 1 aliphatic rings. The van der Waals surface area contributed by atoms with E-state index in [0.29, 0.717) is 17.8 Å². The van der Waals surface area contributed by atoms with E-state index in [-0.39, 0.29) is 41.7 Å². The Hall–Kier alpha value is -5.49. The van der Waals surface area contributed by atoms with Crippen molar-refractivity contribution in [2.24, 2.45) is 12.1 Å². The summed E-state index contributed by atoms with van der Waals surface area (Å²) in [7, 11) is 1.74. The van der Waals surface area contributed by atoms with Gasteiger partial charge in [0.2, 0.25) is 17.3 Å². The van der Waals surface area contributed by atoms with Gasteiger partial charge >= 0.3 is 12.1 Å². The van der Waals surface area contributed by atoms with Crippen molar-refractivity contribution in [3.63, 3.8) is 0 Å². The number of rotatable bonds is 10. The second-order valence-electron chi connectivity index (χ2n) is 10.7. The number of ether oxygens (including phenoxy) is 1. The van der Waals surface area contributed by atoms with Gasteiger partial charge in [-0.05, 0) is 54.8 Å². The molecule has 2 N–H and O–H groups in total. The van der Waals surface area contributed by atoms with Crippen LogP contribution in [0.1, 0.15) is 66.1 Å². The van der Waals surface area contributed by atoms with Crippen molar-refractivity contribution >= 4 is 46.8 Å². The Kier molecular flexibility index (Phi) is 9.77.